The predicted octanol–water partition coefficient (Wildman–Crippen LogP) is 1.81. The maximum absolute atomic E-state index is 11.1. The smallest absolute Gasteiger partial charge is 0.307 e. The van der Waals surface area contributed by atoms with Crippen molar-refractivity contribution < 1.29 is 9.53 Å². The van der Waals surface area contributed by atoms with E-state index in [-0.39, 0.29) is 5.97 Å². The Bertz CT molecular complexity index is 182. The number of esters is 1. The van der Waals surface area contributed by atoms with E-state index in [9.17, 15) is 4.79 Å². The number of likely N-dealkylation sites (tertiary alicyclic amines) is 1. The van der Waals surface area contributed by atoms with Gasteiger partial charge in [0.05, 0.1) is 13.0 Å². The van der Waals surface area contributed by atoms with Crippen molar-refractivity contribution in [3.8, 4) is 0 Å². The zero-order valence-electron chi connectivity index (χ0n) is 9.29. The minimum Gasteiger partial charge on any atom is -0.466 e. The predicted molar refractivity (Wildman–Crippen MR) is 56.1 cm³/mol. The molecule has 1 fully saturated rings. The van der Waals surface area contributed by atoms with Crippen molar-refractivity contribution in [3.63, 3.8) is 0 Å². The fourth-order valence-electron chi connectivity index (χ4n) is 2.12. The molecular formula is C11H21NO2. The van der Waals surface area contributed by atoms with Gasteiger partial charge in [0.25, 0.3) is 0 Å². The Hall–Kier alpha value is -0.570. The van der Waals surface area contributed by atoms with Gasteiger partial charge in [0.1, 0.15) is 0 Å². The Morgan fingerprint density at radius 1 is 1.50 bits per heavy atom. The molecule has 1 aliphatic heterocycles. The molecule has 1 unspecified atom stereocenters. The maximum atomic E-state index is 11.1. The Morgan fingerprint density at radius 3 is 2.93 bits per heavy atom. The first-order valence-corrected chi connectivity index (χ1v) is 5.67. The molecule has 0 bridgehead atoms. The molecule has 0 radical (unpaired) electrons. The van der Waals surface area contributed by atoms with E-state index in [4.69, 9.17) is 4.74 Å². The van der Waals surface area contributed by atoms with Gasteiger partial charge in [-0.2, -0.15) is 0 Å². The van der Waals surface area contributed by atoms with E-state index in [2.05, 4.69) is 11.8 Å². The van der Waals surface area contributed by atoms with Crippen LogP contribution in [0.2, 0.25) is 0 Å². The molecule has 0 aliphatic carbocycles. The average Bonchev–Trinajstić information content (AvgIpc) is 2.62. The molecule has 0 spiro atoms. The van der Waals surface area contributed by atoms with Gasteiger partial charge in [-0.05, 0) is 32.7 Å². The van der Waals surface area contributed by atoms with E-state index in [1.807, 2.05) is 6.92 Å². The SMILES string of the molecule is CCOC(=O)CCN1CCCC1CC. The van der Waals surface area contributed by atoms with Crippen LogP contribution in [0.25, 0.3) is 0 Å². The van der Waals surface area contributed by atoms with Gasteiger partial charge in [-0.1, -0.05) is 6.92 Å². The number of hydrogen-bond donors (Lipinski definition) is 0. The molecule has 1 heterocycles. The Morgan fingerprint density at radius 2 is 2.29 bits per heavy atom. The fraction of sp³-hybridized carbons (Fsp3) is 0.909. The zero-order chi connectivity index (χ0) is 10.4. The lowest BCUT2D eigenvalue weighted by Crippen LogP contribution is -2.31. The van der Waals surface area contributed by atoms with Gasteiger partial charge in [-0.15, -0.1) is 0 Å². The van der Waals surface area contributed by atoms with Gasteiger partial charge in [0.15, 0.2) is 0 Å². The van der Waals surface area contributed by atoms with Crippen LogP contribution >= 0.6 is 0 Å². The van der Waals surface area contributed by atoms with Crippen LogP contribution in [0.1, 0.15) is 39.5 Å². The van der Waals surface area contributed by atoms with Crippen LogP contribution in [-0.4, -0.2) is 36.6 Å². The normalized spacial score (nSPS) is 22.6. The molecule has 82 valence electrons. The van der Waals surface area contributed by atoms with Crippen LogP contribution in [0.5, 0.6) is 0 Å². The first kappa shape index (κ1) is 11.5. The largest absolute Gasteiger partial charge is 0.466 e. The summed E-state index contributed by atoms with van der Waals surface area (Å²) in [5.41, 5.74) is 0. The topological polar surface area (TPSA) is 29.5 Å². The summed E-state index contributed by atoms with van der Waals surface area (Å²) in [6.45, 7) is 6.58. The van der Waals surface area contributed by atoms with E-state index < -0.39 is 0 Å². The van der Waals surface area contributed by atoms with Crippen molar-refractivity contribution in [3.05, 3.63) is 0 Å². The number of carbonyl (C=O) groups excluding carboxylic acids is 1. The van der Waals surface area contributed by atoms with Crippen LogP contribution in [0.4, 0.5) is 0 Å². The third-order valence-electron chi connectivity index (χ3n) is 2.88. The van der Waals surface area contributed by atoms with E-state index in [0.717, 1.165) is 13.1 Å². The van der Waals surface area contributed by atoms with Crippen molar-refractivity contribution in [2.45, 2.75) is 45.6 Å². The lowest BCUT2D eigenvalue weighted by molar-refractivity contribution is -0.143. The Labute approximate surface area is 86.4 Å². The van der Waals surface area contributed by atoms with Gasteiger partial charge in [-0.3, -0.25) is 9.69 Å². The summed E-state index contributed by atoms with van der Waals surface area (Å²) in [6.07, 6.45) is 4.31. The summed E-state index contributed by atoms with van der Waals surface area (Å²) in [7, 11) is 0. The molecule has 0 amide bonds. The van der Waals surface area contributed by atoms with Crippen molar-refractivity contribution in [2.24, 2.45) is 0 Å². The summed E-state index contributed by atoms with van der Waals surface area (Å²) in [6, 6.07) is 0.699. The second-order valence-electron chi connectivity index (χ2n) is 3.80. The average molecular weight is 199 g/mol. The quantitative estimate of drug-likeness (QED) is 0.632. The molecule has 0 saturated carbocycles. The highest BCUT2D eigenvalue weighted by atomic mass is 16.5. The Balaban J connectivity index is 2.20. The first-order chi connectivity index (χ1) is 6.77. The number of hydrogen-bond acceptors (Lipinski definition) is 3. The second-order valence-corrected chi connectivity index (χ2v) is 3.80. The molecule has 3 nitrogen and oxygen atoms in total. The molecule has 1 saturated heterocycles. The maximum Gasteiger partial charge on any atom is 0.307 e. The van der Waals surface area contributed by atoms with Crippen LogP contribution in [0.3, 0.4) is 0 Å². The highest BCUT2D eigenvalue weighted by Gasteiger charge is 2.22. The number of carbonyl (C=O) groups is 1. The third kappa shape index (κ3) is 3.29. The van der Waals surface area contributed by atoms with Gasteiger partial charge < -0.3 is 4.74 Å². The van der Waals surface area contributed by atoms with Crippen molar-refractivity contribution >= 4 is 5.97 Å². The van der Waals surface area contributed by atoms with E-state index in [1.54, 1.807) is 0 Å². The second kappa shape index (κ2) is 6.02. The monoisotopic (exact) mass is 199 g/mol. The fourth-order valence-corrected chi connectivity index (χ4v) is 2.12. The molecule has 0 aromatic rings. The minimum absolute atomic E-state index is 0.0609. The van der Waals surface area contributed by atoms with Crippen LogP contribution < -0.4 is 0 Å². The summed E-state index contributed by atoms with van der Waals surface area (Å²) < 4.78 is 4.90. The highest BCUT2D eigenvalue weighted by Crippen LogP contribution is 2.19. The van der Waals surface area contributed by atoms with Crippen LogP contribution in [-0.2, 0) is 9.53 Å². The lowest BCUT2D eigenvalue weighted by Gasteiger charge is -2.22. The van der Waals surface area contributed by atoms with Crippen LogP contribution in [0.15, 0.2) is 0 Å². The highest BCUT2D eigenvalue weighted by molar-refractivity contribution is 5.69. The van der Waals surface area contributed by atoms with Gasteiger partial charge in [0.2, 0.25) is 0 Å². The van der Waals surface area contributed by atoms with Crippen molar-refractivity contribution in [1.82, 2.24) is 4.90 Å². The van der Waals surface area contributed by atoms with Crippen molar-refractivity contribution in [2.75, 3.05) is 19.7 Å². The molecule has 0 aromatic heterocycles. The van der Waals surface area contributed by atoms with Gasteiger partial charge in [-0.25, -0.2) is 0 Å². The molecule has 0 aromatic carbocycles. The molecule has 14 heavy (non-hydrogen) atoms. The summed E-state index contributed by atoms with van der Waals surface area (Å²) in [5, 5.41) is 0. The molecule has 3 heteroatoms. The summed E-state index contributed by atoms with van der Waals surface area (Å²) in [4.78, 5) is 13.6. The number of rotatable bonds is 5. The van der Waals surface area contributed by atoms with E-state index in [1.165, 1.54) is 19.3 Å². The molecule has 1 atom stereocenters. The van der Waals surface area contributed by atoms with Gasteiger partial charge >= 0.3 is 5.97 Å². The molecular weight excluding hydrogens is 178 g/mol. The summed E-state index contributed by atoms with van der Waals surface area (Å²) in [5.74, 6) is -0.0609. The summed E-state index contributed by atoms with van der Waals surface area (Å²) >= 11 is 0. The Kier molecular flexibility index (Phi) is 4.94. The molecule has 0 N–H and O–H groups in total. The lowest BCUT2D eigenvalue weighted by atomic mass is 10.2. The molecule has 1 rings (SSSR count). The van der Waals surface area contributed by atoms with Gasteiger partial charge in [0, 0.05) is 12.6 Å². The minimum atomic E-state index is -0.0609. The van der Waals surface area contributed by atoms with Crippen LogP contribution in [0, 0.1) is 0 Å². The standard InChI is InChI=1S/C11H21NO2/c1-3-10-6-5-8-12(10)9-7-11(13)14-4-2/h10H,3-9H2,1-2H3. The number of nitrogens with zero attached hydrogens (tertiary/aromatic N) is 1. The zero-order valence-corrected chi connectivity index (χ0v) is 9.29. The molecule has 1 aliphatic rings. The van der Waals surface area contributed by atoms with Crippen molar-refractivity contribution in [1.29, 1.82) is 0 Å². The van der Waals surface area contributed by atoms with E-state index in [0.29, 0.717) is 19.1 Å². The number of ether oxygens (including phenoxy) is 1. The van der Waals surface area contributed by atoms with E-state index >= 15 is 0 Å². The first-order valence-electron chi connectivity index (χ1n) is 5.67. The third-order valence-corrected chi connectivity index (χ3v) is 2.88.